The van der Waals surface area contributed by atoms with Crippen molar-refractivity contribution in [3.05, 3.63) is 120 Å². The molecule has 1 heterocycles. The van der Waals surface area contributed by atoms with Crippen LogP contribution in [0.4, 0.5) is 0 Å². The maximum Gasteiger partial charge on any atom is 0.195 e. The molecule has 4 rings (SSSR count). The molecule has 0 saturated heterocycles. The van der Waals surface area contributed by atoms with E-state index in [9.17, 15) is 0 Å². The molecule has 3 aromatic carbocycles. The molecule has 0 amide bonds. The van der Waals surface area contributed by atoms with Gasteiger partial charge in [-0.15, -0.1) is 5.10 Å². The van der Waals surface area contributed by atoms with Crippen molar-refractivity contribution in [1.82, 2.24) is 14.8 Å². The van der Waals surface area contributed by atoms with Crippen molar-refractivity contribution < 1.29 is 5.21 Å². The molecule has 0 aliphatic carbocycles. The lowest BCUT2D eigenvalue weighted by molar-refractivity contribution is 0.321. The number of hydrogen-bond donors (Lipinski definition) is 1. The van der Waals surface area contributed by atoms with Crippen LogP contribution in [0.15, 0.2) is 102 Å². The van der Waals surface area contributed by atoms with Crippen LogP contribution in [0.25, 0.3) is 0 Å². The molecular formula is C22H18N4O. The molecule has 1 N–H and O–H groups in total. The predicted molar refractivity (Wildman–Crippen MR) is 104 cm³/mol. The molecule has 0 aliphatic heterocycles. The minimum Gasteiger partial charge on any atom is -0.411 e. The van der Waals surface area contributed by atoms with Crippen molar-refractivity contribution in [2.45, 2.75) is 5.54 Å². The molecular weight excluding hydrogens is 336 g/mol. The van der Waals surface area contributed by atoms with E-state index in [2.05, 4.69) is 51.6 Å². The Morgan fingerprint density at radius 2 is 1.19 bits per heavy atom. The van der Waals surface area contributed by atoms with E-state index in [1.165, 1.54) is 6.21 Å². The highest BCUT2D eigenvalue weighted by molar-refractivity contribution is 5.73. The second-order valence-corrected chi connectivity index (χ2v) is 6.10. The minimum absolute atomic E-state index is 0.338. The second kappa shape index (κ2) is 7.25. The average molecular weight is 354 g/mol. The molecule has 0 radical (unpaired) electrons. The van der Waals surface area contributed by atoms with Crippen LogP contribution in [0.2, 0.25) is 0 Å². The van der Waals surface area contributed by atoms with E-state index in [0.717, 1.165) is 16.7 Å². The van der Waals surface area contributed by atoms with Gasteiger partial charge in [0.1, 0.15) is 18.1 Å². The van der Waals surface area contributed by atoms with Crippen LogP contribution in [-0.2, 0) is 5.54 Å². The number of aromatic nitrogens is 3. The molecule has 132 valence electrons. The van der Waals surface area contributed by atoms with Crippen LogP contribution >= 0.6 is 0 Å². The van der Waals surface area contributed by atoms with Gasteiger partial charge in [0.2, 0.25) is 0 Å². The van der Waals surface area contributed by atoms with Crippen molar-refractivity contribution in [3.8, 4) is 0 Å². The highest BCUT2D eigenvalue weighted by Crippen LogP contribution is 2.39. The number of oxime groups is 1. The zero-order valence-corrected chi connectivity index (χ0v) is 14.6. The number of rotatable bonds is 5. The summed E-state index contributed by atoms with van der Waals surface area (Å²) < 4.78 is 1.82. The molecule has 1 aromatic heterocycles. The quantitative estimate of drug-likeness (QED) is 0.256. The van der Waals surface area contributed by atoms with Gasteiger partial charge < -0.3 is 5.21 Å². The molecule has 27 heavy (non-hydrogen) atoms. The SMILES string of the molecule is ON=Cc1ncn(C(c2ccccc2)(c2ccccc2)c2ccccc2)n1. The highest BCUT2D eigenvalue weighted by Gasteiger charge is 2.39. The van der Waals surface area contributed by atoms with Crippen molar-refractivity contribution in [1.29, 1.82) is 0 Å². The summed E-state index contributed by atoms with van der Waals surface area (Å²) in [5.74, 6) is 0.338. The van der Waals surface area contributed by atoms with Gasteiger partial charge in [-0.3, -0.25) is 0 Å². The first-order valence-corrected chi connectivity index (χ1v) is 8.62. The van der Waals surface area contributed by atoms with Gasteiger partial charge in [-0.2, -0.15) is 0 Å². The first-order valence-electron chi connectivity index (χ1n) is 8.62. The molecule has 0 aliphatic rings. The molecule has 0 atom stereocenters. The fraction of sp³-hybridized carbons (Fsp3) is 0.0455. The van der Waals surface area contributed by atoms with Gasteiger partial charge in [0.25, 0.3) is 0 Å². The lowest BCUT2D eigenvalue weighted by atomic mass is 9.77. The lowest BCUT2D eigenvalue weighted by Crippen LogP contribution is -2.38. The van der Waals surface area contributed by atoms with Crippen molar-refractivity contribution in [3.63, 3.8) is 0 Å². The van der Waals surface area contributed by atoms with Crippen LogP contribution in [0, 0.1) is 0 Å². The standard InChI is InChI=1S/C22H18N4O/c27-24-16-21-23-17-26(25-21)22(18-10-4-1-5-11-18,19-12-6-2-7-13-19)20-14-8-3-9-15-20/h1-17,27H. The highest BCUT2D eigenvalue weighted by atomic mass is 16.4. The molecule has 0 bridgehead atoms. The zero-order valence-electron chi connectivity index (χ0n) is 14.6. The van der Waals surface area contributed by atoms with Crippen LogP contribution in [0.3, 0.4) is 0 Å². The minimum atomic E-state index is -0.710. The van der Waals surface area contributed by atoms with Crippen LogP contribution in [-0.4, -0.2) is 26.2 Å². The molecule has 0 spiro atoms. The molecule has 5 heteroatoms. The maximum atomic E-state index is 8.86. The zero-order chi connectivity index (χ0) is 18.5. The Morgan fingerprint density at radius 1 is 0.741 bits per heavy atom. The van der Waals surface area contributed by atoms with E-state index >= 15 is 0 Å². The fourth-order valence-electron chi connectivity index (χ4n) is 3.48. The van der Waals surface area contributed by atoms with Gasteiger partial charge in [-0.05, 0) is 16.7 Å². The third-order valence-electron chi connectivity index (χ3n) is 4.60. The van der Waals surface area contributed by atoms with Crippen molar-refractivity contribution >= 4 is 6.21 Å². The lowest BCUT2D eigenvalue weighted by Gasteiger charge is -2.35. The summed E-state index contributed by atoms with van der Waals surface area (Å²) in [6.07, 6.45) is 2.90. The number of benzene rings is 3. The van der Waals surface area contributed by atoms with Gasteiger partial charge in [-0.1, -0.05) is 96.2 Å². The van der Waals surface area contributed by atoms with E-state index in [-0.39, 0.29) is 0 Å². The van der Waals surface area contributed by atoms with E-state index in [4.69, 9.17) is 5.21 Å². The normalized spacial score (nSPS) is 11.7. The summed E-state index contributed by atoms with van der Waals surface area (Å²) in [5.41, 5.74) is 2.46. The summed E-state index contributed by atoms with van der Waals surface area (Å²) in [7, 11) is 0. The Balaban J connectivity index is 2.09. The van der Waals surface area contributed by atoms with Gasteiger partial charge in [0.15, 0.2) is 5.82 Å². The third kappa shape index (κ3) is 2.89. The number of nitrogens with zero attached hydrogens (tertiary/aromatic N) is 4. The summed E-state index contributed by atoms with van der Waals surface area (Å²) in [6, 6.07) is 30.6. The van der Waals surface area contributed by atoms with E-state index in [1.807, 2.05) is 59.3 Å². The number of hydrogen-bond acceptors (Lipinski definition) is 4. The van der Waals surface area contributed by atoms with Gasteiger partial charge in [-0.25, -0.2) is 9.67 Å². The van der Waals surface area contributed by atoms with Crippen molar-refractivity contribution in [2.75, 3.05) is 0 Å². The summed E-state index contributed by atoms with van der Waals surface area (Å²) in [6.45, 7) is 0. The van der Waals surface area contributed by atoms with E-state index < -0.39 is 5.54 Å². The van der Waals surface area contributed by atoms with Gasteiger partial charge >= 0.3 is 0 Å². The van der Waals surface area contributed by atoms with Crippen LogP contribution in [0.1, 0.15) is 22.5 Å². The van der Waals surface area contributed by atoms with Gasteiger partial charge in [0.05, 0.1) is 0 Å². The van der Waals surface area contributed by atoms with E-state index in [1.54, 1.807) is 6.33 Å². The van der Waals surface area contributed by atoms with Crippen molar-refractivity contribution in [2.24, 2.45) is 5.16 Å². The largest absolute Gasteiger partial charge is 0.411 e. The Kier molecular flexibility index (Phi) is 4.49. The van der Waals surface area contributed by atoms with Crippen LogP contribution in [0.5, 0.6) is 0 Å². The van der Waals surface area contributed by atoms with Crippen LogP contribution < -0.4 is 0 Å². The predicted octanol–water partition coefficient (Wildman–Crippen LogP) is 3.93. The molecule has 4 aromatic rings. The average Bonchev–Trinajstić information content (AvgIpc) is 3.20. The van der Waals surface area contributed by atoms with Gasteiger partial charge in [0, 0.05) is 0 Å². The molecule has 0 fully saturated rings. The Morgan fingerprint density at radius 3 is 1.59 bits per heavy atom. The first kappa shape index (κ1) is 16.7. The smallest absolute Gasteiger partial charge is 0.195 e. The summed E-state index contributed by atoms with van der Waals surface area (Å²) in [5, 5.41) is 16.5. The molecule has 0 unspecified atom stereocenters. The maximum absolute atomic E-state index is 8.86. The van der Waals surface area contributed by atoms with E-state index in [0.29, 0.717) is 5.82 Å². The second-order valence-electron chi connectivity index (χ2n) is 6.10. The monoisotopic (exact) mass is 354 g/mol. The fourth-order valence-corrected chi connectivity index (χ4v) is 3.48. The molecule has 0 saturated carbocycles. The summed E-state index contributed by atoms with van der Waals surface area (Å²) >= 11 is 0. The molecule has 5 nitrogen and oxygen atoms in total. The summed E-state index contributed by atoms with van der Waals surface area (Å²) in [4.78, 5) is 4.29. The topological polar surface area (TPSA) is 63.3 Å². The Hall–Kier alpha value is -3.73. The Labute approximate surface area is 157 Å². The first-order chi connectivity index (χ1) is 13.4. The third-order valence-corrected chi connectivity index (χ3v) is 4.60. The Bertz CT molecular complexity index is 931.